The minimum absolute atomic E-state index is 0.143. The van der Waals surface area contributed by atoms with Crippen LogP contribution in [0.25, 0.3) is 10.8 Å². The van der Waals surface area contributed by atoms with Crippen molar-refractivity contribution in [3.63, 3.8) is 0 Å². The fourth-order valence-corrected chi connectivity index (χ4v) is 3.76. The van der Waals surface area contributed by atoms with Crippen molar-refractivity contribution in [2.45, 2.75) is 18.4 Å². The Labute approximate surface area is 147 Å². The van der Waals surface area contributed by atoms with E-state index in [1.807, 2.05) is 35.2 Å². The molecule has 0 N–H and O–H groups in total. The molecule has 4 rings (SSSR count). The van der Waals surface area contributed by atoms with E-state index in [-0.39, 0.29) is 11.5 Å². The van der Waals surface area contributed by atoms with Crippen LogP contribution in [0.1, 0.15) is 12.0 Å². The summed E-state index contributed by atoms with van der Waals surface area (Å²) in [7, 11) is 1.66. The predicted octanol–water partition coefficient (Wildman–Crippen LogP) is 2.41. The lowest BCUT2D eigenvalue weighted by Gasteiger charge is -2.39. The van der Waals surface area contributed by atoms with E-state index >= 15 is 0 Å². The number of carbonyl (C=O) groups excluding carboxylic acids is 1. The molecule has 0 radical (unpaired) electrons. The highest BCUT2D eigenvalue weighted by Gasteiger charge is 2.41. The number of ether oxygens (including phenoxy) is 3. The van der Waals surface area contributed by atoms with E-state index in [4.69, 9.17) is 14.2 Å². The Morgan fingerprint density at radius 3 is 3.00 bits per heavy atom. The standard InChI is InChI=1S/C20H23NO4/c1-23-17-6-5-15-3-2-4-16(18(15)12-17)11-19(22)21-8-10-25-20(13-21)7-9-24-14-20/h2-6,12H,7-11,13-14H2,1H3. The van der Waals surface area contributed by atoms with Crippen molar-refractivity contribution in [1.29, 1.82) is 0 Å². The van der Waals surface area contributed by atoms with Crippen molar-refractivity contribution < 1.29 is 19.0 Å². The van der Waals surface area contributed by atoms with Gasteiger partial charge in [-0.15, -0.1) is 0 Å². The zero-order valence-corrected chi connectivity index (χ0v) is 14.5. The van der Waals surface area contributed by atoms with E-state index in [1.54, 1.807) is 7.11 Å². The molecule has 2 fully saturated rings. The van der Waals surface area contributed by atoms with Crippen LogP contribution in [0.15, 0.2) is 36.4 Å². The lowest BCUT2D eigenvalue weighted by molar-refractivity contribution is -0.149. The molecule has 5 nitrogen and oxygen atoms in total. The number of hydrogen-bond acceptors (Lipinski definition) is 4. The number of nitrogens with zero attached hydrogens (tertiary/aromatic N) is 1. The Balaban J connectivity index is 1.55. The van der Waals surface area contributed by atoms with E-state index in [0.29, 0.717) is 39.3 Å². The van der Waals surface area contributed by atoms with Gasteiger partial charge >= 0.3 is 0 Å². The summed E-state index contributed by atoms with van der Waals surface area (Å²) in [5, 5.41) is 2.19. The molecule has 2 aliphatic heterocycles. The number of fused-ring (bicyclic) bond motifs is 1. The van der Waals surface area contributed by atoms with E-state index in [1.165, 1.54) is 0 Å². The third kappa shape index (κ3) is 3.22. The van der Waals surface area contributed by atoms with Crippen LogP contribution in [-0.4, -0.2) is 56.4 Å². The Kier molecular flexibility index (Phi) is 4.36. The lowest BCUT2D eigenvalue weighted by atomic mass is 9.98. The molecule has 1 unspecified atom stereocenters. The largest absolute Gasteiger partial charge is 0.497 e. The van der Waals surface area contributed by atoms with E-state index < -0.39 is 0 Å². The molecule has 2 aromatic carbocycles. The molecule has 0 aliphatic carbocycles. The Hall–Kier alpha value is -2.11. The van der Waals surface area contributed by atoms with E-state index in [9.17, 15) is 4.79 Å². The molecule has 1 amide bonds. The van der Waals surface area contributed by atoms with Crippen LogP contribution >= 0.6 is 0 Å². The topological polar surface area (TPSA) is 48.0 Å². The molecule has 0 bridgehead atoms. The van der Waals surface area contributed by atoms with Gasteiger partial charge in [0.2, 0.25) is 5.91 Å². The van der Waals surface area contributed by atoms with Gasteiger partial charge in [0.05, 0.1) is 33.3 Å². The van der Waals surface area contributed by atoms with Crippen molar-refractivity contribution in [1.82, 2.24) is 4.90 Å². The van der Waals surface area contributed by atoms with Gasteiger partial charge in [0.25, 0.3) is 0 Å². The predicted molar refractivity (Wildman–Crippen MR) is 94.9 cm³/mol. The highest BCUT2D eigenvalue weighted by Crippen LogP contribution is 2.29. The first-order valence-corrected chi connectivity index (χ1v) is 8.74. The minimum Gasteiger partial charge on any atom is -0.497 e. The first-order chi connectivity index (χ1) is 12.2. The molecule has 1 spiro atoms. The Morgan fingerprint density at radius 2 is 2.20 bits per heavy atom. The molecule has 1 atom stereocenters. The molecule has 0 aromatic heterocycles. The van der Waals surface area contributed by atoms with Crippen molar-refractivity contribution in [3.05, 3.63) is 42.0 Å². The summed E-state index contributed by atoms with van der Waals surface area (Å²) < 4.78 is 16.7. The fraction of sp³-hybridized carbons (Fsp3) is 0.450. The van der Waals surface area contributed by atoms with Gasteiger partial charge in [-0.1, -0.05) is 24.3 Å². The third-order valence-corrected chi connectivity index (χ3v) is 5.19. The maximum absolute atomic E-state index is 12.9. The van der Waals surface area contributed by atoms with Crippen molar-refractivity contribution in [2.24, 2.45) is 0 Å². The number of carbonyl (C=O) groups is 1. The zero-order valence-electron chi connectivity index (χ0n) is 14.5. The van der Waals surface area contributed by atoms with Crippen LogP contribution in [0, 0.1) is 0 Å². The summed E-state index contributed by atoms with van der Waals surface area (Å²) in [5.74, 6) is 0.950. The normalized spacial score (nSPS) is 23.3. The minimum atomic E-state index is -0.296. The summed E-state index contributed by atoms with van der Waals surface area (Å²) in [4.78, 5) is 14.8. The number of benzene rings is 2. The highest BCUT2D eigenvalue weighted by atomic mass is 16.6. The number of amides is 1. The molecule has 2 heterocycles. The molecule has 2 aliphatic rings. The van der Waals surface area contributed by atoms with Crippen LogP contribution in [0.2, 0.25) is 0 Å². The SMILES string of the molecule is COc1ccc2cccc(CC(=O)N3CCOC4(CCOC4)C3)c2c1. The van der Waals surface area contributed by atoms with Gasteiger partial charge < -0.3 is 19.1 Å². The van der Waals surface area contributed by atoms with Gasteiger partial charge in [-0.05, 0) is 28.5 Å². The van der Waals surface area contributed by atoms with Gasteiger partial charge in [0.1, 0.15) is 11.4 Å². The van der Waals surface area contributed by atoms with Crippen molar-refractivity contribution in [3.8, 4) is 5.75 Å². The lowest BCUT2D eigenvalue weighted by Crippen LogP contribution is -2.54. The van der Waals surface area contributed by atoms with E-state index in [2.05, 4.69) is 6.07 Å². The molecule has 2 aromatic rings. The van der Waals surface area contributed by atoms with Crippen molar-refractivity contribution in [2.75, 3.05) is 40.0 Å². The van der Waals surface area contributed by atoms with Crippen LogP contribution < -0.4 is 4.74 Å². The first kappa shape index (κ1) is 16.4. The van der Waals surface area contributed by atoms with Gasteiger partial charge in [-0.2, -0.15) is 0 Å². The molecular weight excluding hydrogens is 318 g/mol. The summed E-state index contributed by atoms with van der Waals surface area (Å²) in [6.45, 7) is 3.15. The number of morpholine rings is 1. The molecular formula is C20H23NO4. The van der Waals surface area contributed by atoms with Crippen LogP contribution in [0.5, 0.6) is 5.75 Å². The molecule has 5 heteroatoms. The summed E-state index contributed by atoms with van der Waals surface area (Å²) in [5.41, 5.74) is 0.736. The molecule has 132 valence electrons. The molecule has 25 heavy (non-hydrogen) atoms. The Morgan fingerprint density at radius 1 is 1.28 bits per heavy atom. The second kappa shape index (κ2) is 6.65. The molecule has 2 saturated heterocycles. The van der Waals surface area contributed by atoms with E-state index in [0.717, 1.165) is 28.5 Å². The van der Waals surface area contributed by atoms with Gasteiger partial charge in [0, 0.05) is 19.6 Å². The van der Waals surface area contributed by atoms with Gasteiger partial charge in [0.15, 0.2) is 0 Å². The van der Waals surface area contributed by atoms with Crippen LogP contribution in [0.4, 0.5) is 0 Å². The summed E-state index contributed by atoms with van der Waals surface area (Å²) in [6.07, 6.45) is 1.25. The number of methoxy groups -OCH3 is 1. The second-order valence-corrected chi connectivity index (χ2v) is 6.83. The molecule has 0 saturated carbocycles. The smallest absolute Gasteiger partial charge is 0.227 e. The maximum Gasteiger partial charge on any atom is 0.227 e. The average Bonchev–Trinajstić information content (AvgIpc) is 3.09. The highest BCUT2D eigenvalue weighted by molar-refractivity contribution is 5.91. The number of hydrogen-bond donors (Lipinski definition) is 0. The zero-order chi connectivity index (χ0) is 17.3. The third-order valence-electron chi connectivity index (χ3n) is 5.19. The average molecular weight is 341 g/mol. The summed E-state index contributed by atoms with van der Waals surface area (Å²) >= 11 is 0. The van der Waals surface area contributed by atoms with Crippen LogP contribution in [0.3, 0.4) is 0 Å². The van der Waals surface area contributed by atoms with Gasteiger partial charge in [-0.25, -0.2) is 0 Å². The Bertz CT molecular complexity index is 782. The first-order valence-electron chi connectivity index (χ1n) is 8.74. The maximum atomic E-state index is 12.9. The second-order valence-electron chi connectivity index (χ2n) is 6.83. The fourth-order valence-electron chi connectivity index (χ4n) is 3.76. The number of rotatable bonds is 3. The van der Waals surface area contributed by atoms with Crippen molar-refractivity contribution >= 4 is 16.7 Å². The monoisotopic (exact) mass is 341 g/mol. The summed E-state index contributed by atoms with van der Waals surface area (Å²) in [6, 6.07) is 12.1. The van der Waals surface area contributed by atoms with Crippen LogP contribution in [-0.2, 0) is 20.7 Å². The quantitative estimate of drug-likeness (QED) is 0.860. The van der Waals surface area contributed by atoms with Gasteiger partial charge in [-0.3, -0.25) is 4.79 Å².